The predicted molar refractivity (Wildman–Crippen MR) is 75.4 cm³/mol. The highest BCUT2D eigenvalue weighted by Crippen LogP contribution is 2.18. The Labute approximate surface area is 114 Å². The monoisotopic (exact) mass is 282 g/mol. The second-order valence-corrected chi connectivity index (χ2v) is 4.98. The van der Waals surface area contributed by atoms with Crippen LogP contribution in [0.15, 0.2) is 29.2 Å². The fraction of sp³-hybridized carbons (Fsp3) is 0.273. The normalized spacial score (nSPS) is 12.3. The number of aromatic amines is 2. The third-order valence-electron chi connectivity index (χ3n) is 2.42. The molecule has 0 spiro atoms. The number of anilines is 1. The zero-order valence-corrected chi connectivity index (χ0v) is 11.4. The van der Waals surface area contributed by atoms with E-state index in [0.717, 1.165) is 5.69 Å². The summed E-state index contributed by atoms with van der Waals surface area (Å²) in [7, 11) is 0. The summed E-state index contributed by atoms with van der Waals surface area (Å²) in [5, 5.41) is 19.5. The van der Waals surface area contributed by atoms with Crippen molar-refractivity contribution in [1.29, 1.82) is 0 Å². The lowest BCUT2D eigenvalue weighted by atomic mass is 10.3. The lowest BCUT2D eigenvalue weighted by Gasteiger charge is -2.10. The fourth-order valence-electron chi connectivity index (χ4n) is 1.46. The number of hydrogen-bond acceptors (Lipinski definition) is 5. The van der Waals surface area contributed by atoms with Crippen LogP contribution in [0.3, 0.4) is 0 Å². The van der Waals surface area contributed by atoms with Crippen molar-refractivity contribution < 1.29 is 5.11 Å². The van der Waals surface area contributed by atoms with Crippen molar-refractivity contribution in [3.8, 4) is 0 Å². The summed E-state index contributed by atoms with van der Waals surface area (Å²) in [4.78, 5) is 3.99. The average Bonchev–Trinajstić information content (AvgIpc) is 2.83. The Bertz CT molecular complexity index is 549. The minimum atomic E-state index is -0.724. The molecule has 0 bridgehead atoms. The zero-order valence-electron chi connectivity index (χ0n) is 9.80. The van der Waals surface area contributed by atoms with E-state index >= 15 is 0 Å². The lowest BCUT2D eigenvalue weighted by molar-refractivity contribution is 0.182. The van der Waals surface area contributed by atoms with E-state index in [4.69, 9.17) is 12.2 Å². The van der Waals surface area contributed by atoms with Gasteiger partial charge < -0.3 is 15.4 Å². The van der Waals surface area contributed by atoms with E-state index in [2.05, 4.69) is 20.5 Å². The molecule has 18 heavy (non-hydrogen) atoms. The van der Waals surface area contributed by atoms with E-state index in [1.165, 1.54) is 4.90 Å². The van der Waals surface area contributed by atoms with Crippen molar-refractivity contribution in [3.05, 3.63) is 34.9 Å². The Balaban J connectivity index is 1.92. The topological polar surface area (TPSA) is 76.7 Å². The van der Waals surface area contributed by atoms with Crippen molar-refractivity contribution in [3.63, 3.8) is 0 Å². The van der Waals surface area contributed by atoms with Gasteiger partial charge in [0.2, 0.25) is 0 Å². The Hall–Kier alpha value is -1.31. The molecule has 96 valence electrons. The van der Waals surface area contributed by atoms with Gasteiger partial charge in [-0.2, -0.15) is 5.10 Å². The Morgan fingerprint density at radius 2 is 2.17 bits per heavy atom. The molecule has 0 fully saturated rings. The van der Waals surface area contributed by atoms with Gasteiger partial charge in [-0.05, 0) is 42.7 Å². The van der Waals surface area contributed by atoms with Crippen LogP contribution in [0.4, 0.5) is 5.69 Å². The summed E-state index contributed by atoms with van der Waals surface area (Å²) in [6, 6.07) is 8.01. The number of rotatable bonds is 5. The first-order valence-electron chi connectivity index (χ1n) is 5.39. The van der Waals surface area contributed by atoms with Crippen LogP contribution in [0.2, 0.25) is 0 Å². The van der Waals surface area contributed by atoms with E-state index < -0.39 is 6.10 Å². The van der Waals surface area contributed by atoms with Crippen LogP contribution in [0.1, 0.15) is 11.9 Å². The highest BCUT2D eigenvalue weighted by atomic mass is 32.2. The smallest absolute Gasteiger partial charge is 0.192 e. The largest absolute Gasteiger partial charge is 0.383 e. The summed E-state index contributed by atoms with van der Waals surface area (Å²) < 4.78 is 0.411. The summed E-state index contributed by atoms with van der Waals surface area (Å²) in [5.41, 5.74) is 0.959. The standard InChI is InChI=1S/C11H14N4OS2/c1-18-8-4-2-7(3-5-8)12-6-9(16)10-13-11(17)15-14-10/h2-5,9,12,16H,6H2,1H3,(H2,13,14,15,17). The molecule has 1 aromatic heterocycles. The number of thioether (sulfide) groups is 1. The van der Waals surface area contributed by atoms with Gasteiger partial charge >= 0.3 is 0 Å². The molecule has 7 heteroatoms. The predicted octanol–water partition coefficient (Wildman–Crippen LogP) is 2.33. The number of benzene rings is 1. The molecule has 0 aliphatic rings. The van der Waals surface area contributed by atoms with Gasteiger partial charge in [0.15, 0.2) is 10.6 Å². The molecule has 0 aliphatic heterocycles. The van der Waals surface area contributed by atoms with Gasteiger partial charge in [-0.3, -0.25) is 5.10 Å². The molecule has 0 saturated carbocycles. The van der Waals surface area contributed by atoms with Gasteiger partial charge in [-0.25, -0.2) is 0 Å². The molecular formula is C11H14N4OS2. The Morgan fingerprint density at radius 1 is 1.44 bits per heavy atom. The Morgan fingerprint density at radius 3 is 2.72 bits per heavy atom. The number of H-pyrrole nitrogens is 2. The minimum absolute atomic E-state index is 0.370. The van der Waals surface area contributed by atoms with Crippen LogP contribution in [-0.4, -0.2) is 33.1 Å². The molecule has 2 rings (SSSR count). The van der Waals surface area contributed by atoms with Crippen LogP contribution in [-0.2, 0) is 0 Å². The second kappa shape index (κ2) is 6.03. The van der Waals surface area contributed by atoms with E-state index in [-0.39, 0.29) is 0 Å². The van der Waals surface area contributed by atoms with Crippen LogP contribution in [0.25, 0.3) is 0 Å². The molecular weight excluding hydrogens is 268 g/mol. The number of aliphatic hydroxyl groups excluding tert-OH is 1. The molecule has 5 nitrogen and oxygen atoms in total. The number of hydrogen-bond donors (Lipinski definition) is 4. The number of aromatic nitrogens is 3. The molecule has 0 amide bonds. The first kappa shape index (κ1) is 13.1. The molecule has 0 saturated heterocycles. The van der Waals surface area contributed by atoms with Gasteiger partial charge in [-0.1, -0.05) is 0 Å². The van der Waals surface area contributed by atoms with Crippen LogP contribution in [0, 0.1) is 4.77 Å². The highest BCUT2D eigenvalue weighted by molar-refractivity contribution is 7.98. The lowest BCUT2D eigenvalue weighted by Crippen LogP contribution is -2.13. The van der Waals surface area contributed by atoms with Crippen molar-refractivity contribution in [1.82, 2.24) is 15.2 Å². The molecule has 4 N–H and O–H groups in total. The third kappa shape index (κ3) is 3.34. The molecule has 1 aromatic carbocycles. The summed E-state index contributed by atoms with van der Waals surface area (Å²) >= 11 is 6.54. The van der Waals surface area contributed by atoms with Crippen molar-refractivity contribution in [2.45, 2.75) is 11.0 Å². The maximum atomic E-state index is 9.87. The number of aliphatic hydroxyl groups is 1. The SMILES string of the molecule is CSc1ccc(NCC(O)c2n[nH]c(=S)[nH]2)cc1. The zero-order chi connectivity index (χ0) is 13.0. The first-order chi connectivity index (χ1) is 8.69. The van der Waals surface area contributed by atoms with E-state index in [0.29, 0.717) is 17.1 Å². The fourth-order valence-corrected chi connectivity index (χ4v) is 2.02. The van der Waals surface area contributed by atoms with Crippen molar-refractivity contribution in [2.24, 2.45) is 0 Å². The minimum Gasteiger partial charge on any atom is -0.383 e. The van der Waals surface area contributed by atoms with E-state index in [1.54, 1.807) is 11.8 Å². The quantitative estimate of drug-likeness (QED) is 0.500. The average molecular weight is 282 g/mol. The van der Waals surface area contributed by atoms with Gasteiger partial charge in [0.1, 0.15) is 6.10 Å². The highest BCUT2D eigenvalue weighted by Gasteiger charge is 2.10. The Kier molecular flexibility index (Phi) is 4.40. The van der Waals surface area contributed by atoms with Gasteiger partial charge in [0.25, 0.3) is 0 Å². The summed E-state index contributed by atoms with van der Waals surface area (Å²) in [6.45, 7) is 0.370. The molecule has 2 aromatic rings. The first-order valence-corrected chi connectivity index (χ1v) is 7.03. The molecule has 1 unspecified atom stereocenters. The number of nitrogens with one attached hydrogen (secondary N) is 3. The van der Waals surface area contributed by atoms with Crippen molar-refractivity contribution >= 4 is 29.7 Å². The second-order valence-electron chi connectivity index (χ2n) is 3.69. The molecule has 1 heterocycles. The van der Waals surface area contributed by atoms with Gasteiger partial charge in [0.05, 0.1) is 0 Å². The molecule has 1 atom stereocenters. The number of nitrogens with zero attached hydrogens (tertiary/aromatic N) is 1. The van der Waals surface area contributed by atoms with Crippen LogP contribution >= 0.6 is 24.0 Å². The van der Waals surface area contributed by atoms with E-state index in [1.807, 2.05) is 30.5 Å². The summed E-state index contributed by atoms with van der Waals surface area (Å²) in [6.07, 6.45) is 1.31. The van der Waals surface area contributed by atoms with Gasteiger partial charge in [-0.15, -0.1) is 11.8 Å². The summed E-state index contributed by atoms with van der Waals surface area (Å²) in [5.74, 6) is 0.438. The molecule has 0 radical (unpaired) electrons. The van der Waals surface area contributed by atoms with Crippen LogP contribution in [0.5, 0.6) is 0 Å². The third-order valence-corrected chi connectivity index (χ3v) is 3.36. The molecule has 0 aliphatic carbocycles. The maximum Gasteiger partial charge on any atom is 0.192 e. The van der Waals surface area contributed by atoms with E-state index in [9.17, 15) is 5.11 Å². The van der Waals surface area contributed by atoms with Gasteiger partial charge in [0, 0.05) is 17.1 Å². The van der Waals surface area contributed by atoms with Crippen molar-refractivity contribution in [2.75, 3.05) is 18.1 Å². The maximum absolute atomic E-state index is 9.87. The van der Waals surface area contributed by atoms with Crippen LogP contribution < -0.4 is 5.32 Å².